The van der Waals surface area contributed by atoms with E-state index in [-0.39, 0.29) is 5.88 Å². The number of pyridine rings is 1. The highest BCUT2D eigenvalue weighted by Gasteiger charge is 2.26. The second-order valence-electron chi connectivity index (χ2n) is 2.76. The van der Waals surface area contributed by atoms with E-state index in [9.17, 15) is 18.0 Å². The van der Waals surface area contributed by atoms with Crippen LogP contribution in [-0.2, 0) is 0 Å². The summed E-state index contributed by atoms with van der Waals surface area (Å²) < 4.78 is 39.9. The molecule has 15 heavy (non-hydrogen) atoms. The molecule has 1 aromatic rings. The molecule has 0 spiro atoms. The van der Waals surface area contributed by atoms with Crippen LogP contribution >= 0.6 is 0 Å². The van der Waals surface area contributed by atoms with E-state index in [1.54, 1.807) is 0 Å². The molecular formula is C9H8F3NO2. The number of aldehydes is 1. The zero-order valence-corrected chi connectivity index (χ0v) is 7.62. The largest absolute Gasteiger partial charge is 0.477 e. The SMILES string of the molecule is O=Cc1ccc(OCCC(F)(F)F)nc1. The van der Waals surface area contributed by atoms with Crippen molar-refractivity contribution < 1.29 is 22.7 Å². The van der Waals surface area contributed by atoms with Crippen molar-refractivity contribution in [3.8, 4) is 5.88 Å². The van der Waals surface area contributed by atoms with Gasteiger partial charge in [-0.15, -0.1) is 0 Å². The summed E-state index contributed by atoms with van der Waals surface area (Å²) in [6.07, 6.45) is -3.44. The minimum absolute atomic E-state index is 0.0739. The van der Waals surface area contributed by atoms with E-state index < -0.39 is 19.2 Å². The maximum absolute atomic E-state index is 11.7. The Bertz CT molecular complexity index is 321. The number of nitrogens with zero attached hydrogens (tertiary/aromatic N) is 1. The van der Waals surface area contributed by atoms with Crippen LogP contribution in [-0.4, -0.2) is 24.1 Å². The zero-order valence-electron chi connectivity index (χ0n) is 7.62. The molecule has 82 valence electrons. The molecule has 0 fully saturated rings. The van der Waals surface area contributed by atoms with Crippen molar-refractivity contribution in [2.24, 2.45) is 0 Å². The number of halogens is 3. The number of ether oxygens (including phenoxy) is 1. The number of alkyl halides is 3. The van der Waals surface area contributed by atoms with E-state index in [0.717, 1.165) is 0 Å². The third kappa shape index (κ3) is 4.44. The van der Waals surface area contributed by atoms with Crippen molar-refractivity contribution in [3.05, 3.63) is 23.9 Å². The standard InChI is InChI=1S/C9H8F3NO2/c10-9(11,12)3-4-15-8-2-1-7(6-14)5-13-8/h1-2,5-6H,3-4H2. The van der Waals surface area contributed by atoms with Crippen LogP contribution in [0.5, 0.6) is 5.88 Å². The molecule has 0 saturated carbocycles. The van der Waals surface area contributed by atoms with Crippen LogP contribution in [0.1, 0.15) is 16.8 Å². The van der Waals surface area contributed by atoms with Crippen LogP contribution in [0.3, 0.4) is 0 Å². The Labute approximate surface area is 83.9 Å². The summed E-state index contributed by atoms with van der Waals surface area (Å²) in [6.45, 7) is -0.475. The fourth-order valence-corrected chi connectivity index (χ4v) is 0.818. The number of hydrogen-bond acceptors (Lipinski definition) is 3. The van der Waals surface area contributed by atoms with Gasteiger partial charge in [-0.1, -0.05) is 0 Å². The zero-order chi connectivity index (χ0) is 11.3. The highest BCUT2D eigenvalue weighted by molar-refractivity contribution is 5.73. The molecule has 0 radical (unpaired) electrons. The first kappa shape index (κ1) is 11.5. The molecule has 0 aliphatic carbocycles. The normalized spacial score (nSPS) is 11.1. The maximum atomic E-state index is 11.7. The number of hydrogen-bond donors (Lipinski definition) is 0. The number of aromatic nitrogens is 1. The molecule has 0 aliphatic heterocycles. The van der Waals surface area contributed by atoms with Crippen LogP contribution in [0.25, 0.3) is 0 Å². The van der Waals surface area contributed by atoms with E-state index in [1.807, 2.05) is 0 Å². The molecule has 0 amide bonds. The Balaban J connectivity index is 2.41. The highest BCUT2D eigenvalue weighted by Crippen LogP contribution is 2.19. The van der Waals surface area contributed by atoms with Gasteiger partial charge in [-0.2, -0.15) is 13.2 Å². The molecule has 1 aromatic heterocycles. The first-order valence-electron chi connectivity index (χ1n) is 4.12. The third-order valence-electron chi connectivity index (χ3n) is 1.53. The summed E-state index contributed by atoms with van der Waals surface area (Å²) in [5.41, 5.74) is 0.346. The molecule has 3 nitrogen and oxygen atoms in total. The summed E-state index contributed by atoms with van der Waals surface area (Å²) in [7, 11) is 0. The first-order valence-corrected chi connectivity index (χ1v) is 4.12. The molecule has 1 rings (SSSR count). The second kappa shape index (κ2) is 4.77. The summed E-state index contributed by atoms with van der Waals surface area (Å²) in [5.74, 6) is 0.0739. The van der Waals surface area contributed by atoms with Gasteiger partial charge in [0.05, 0.1) is 13.0 Å². The first-order chi connectivity index (χ1) is 7.01. The van der Waals surface area contributed by atoms with E-state index in [2.05, 4.69) is 4.98 Å². The van der Waals surface area contributed by atoms with Crippen molar-refractivity contribution in [2.45, 2.75) is 12.6 Å². The lowest BCUT2D eigenvalue weighted by Crippen LogP contribution is -2.13. The summed E-state index contributed by atoms with van der Waals surface area (Å²) in [5, 5.41) is 0. The van der Waals surface area contributed by atoms with Gasteiger partial charge in [0.2, 0.25) is 5.88 Å². The van der Waals surface area contributed by atoms with E-state index in [0.29, 0.717) is 11.8 Å². The van der Waals surface area contributed by atoms with E-state index in [4.69, 9.17) is 4.74 Å². The summed E-state index contributed by atoms with van der Waals surface area (Å²) in [4.78, 5) is 13.9. The average Bonchev–Trinajstić information content (AvgIpc) is 2.17. The molecule has 1 heterocycles. The number of rotatable bonds is 4. The second-order valence-corrected chi connectivity index (χ2v) is 2.76. The minimum atomic E-state index is -4.23. The highest BCUT2D eigenvalue weighted by atomic mass is 19.4. The van der Waals surface area contributed by atoms with Gasteiger partial charge in [-0.3, -0.25) is 4.79 Å². The Hall–Kier alpha value is -1.59. The van der Waals surface area contributed by atoms with Crippen molar-refractivity contribution in [1.29, 1.82) is 0 Å². The minimum Gasteiger partial charge on any atom is -0.477 e. The van der Waals surface area contributed by atoms with Gasteiger partial charge in [0.1, 0.15) is 0 Å². The van der Waals surface area contributed by atoms with Gasteiger partial charge in [-0.05, 0) is 6.07 Å². The van der Waals surface area contributed by atoms with Crippen LogP contribution in [0.15, 0.2) is 18.3 Å². The Morgan fingerprint density at radius 1 is 1.40 bits per heavy atom. The Morgan fingerprint density at radius 3 is 2.60 bits per heavy atom. The van der Waals surface area contributed by atoms with Gasteiger partial charge in [0.15, 0.2) is 6.29 Å². The molecule has 0 aromatic carbocycles. The van der Waals surface area contributed by atoms with Crippen LogP contribution in [0, 0.1) is 0 Å². The van der Waals surface area contributed by atoms with Crippen molar-refractivity contribution in [3.63, 3.8) is 0 Å². The third-order valence-corrected chi connectivity index (χ3v) is 1.53. The predicted molar refractivity (Wildman–Crippen MR) is 45.8 cm³/mol. The molecule has 0 atom stereocenters. The molecular weight excluding hydrogens is 211 g/mol. The molecule has 0 aliphatic rings. The predicted octanol–water partition coefficient (Wildman–Crippen LogP) is 2.23. The van der Waals surface area contributed by atoms with Crippen LogP contribution in [0.2, 0.25) is 0 Å². The fraction of sp³-hybridized carbons (Fsp3) is 0.333. The molecule has 0 N–H and O–H groups in total. The van der Waals surface area contributed by atoms with Gasteiger partial charge < -0.3 is 4.74 Å². The molecule has 0 saturated heterocycles. The van der Waals surface area contributed by atoms with Crippen LogP contribution in [0.4, 0.5) is 13.2 Å². The number of carbonyl (C=O) groups is 1. The smallest absolute Gasteiger partial charge is 0.392 e. The van der Waals surface area contributed by atoms with E-state index in [1.165, 1.54) is 18.3 Å². The van der Waals surface area contributed by atoms with Crippen molar-refractivity contribution >= 4 is 6.29 Å². The average molecular weight is 219 g/mol. The molecule has 0 unspecified atom stereocenters. The lowest BCUT2D eigenvalue weighted by atomic mass is 10.3. The van der Waals surface area contributed by atoms with Gasteiger partial charge in [-0.25, -0.2) is 4.98 Å². The van der Waals surface area contributed by atoms with Crippen LogP contribution < -0.4 is 4.74 Å². The lowest BCUT2D eigenvalue weighted by molar-refractivity contribution is -0.139. The Morgan fingerprint density at radius 2 is 2.13 bits per heavy atom. The van der Waals surface area contributed by atoms with Gasteiger partial charge in [0.25, 0.3) is 0 Å². The monoisotopic (exact) mass is 219 g/mol. The summed E-state index contributed by atoms with van der Waals surface area (Å²) >= 11 is 0. The van der Waals surface area contributed by atoms with Crippen molar-refractivity contribution in [1.82, 2.24) is 4.98 Å². The lowest BCUT2D eigenvalue weighted by Gasteiger charge is -2.07. The van der Waals surface area contributed by atoms with Gasteiger partial charge in [0, 0.05) is 17.8 Å². The topological polar surface area (TPSA) is 39.2 Å². The summed E-state index contributed by atoms with van der Waals surface area (Å²) in [6, 6.07) is 2.77. The maximum Gasteiger partial charge on any atom is 0.392 e. The molecule has 6 heteroatoms. The van der Waals surface area contributed by atoms with Crippen molar-refractivity contribution in [2.75, 3.05) is 6.61 Å². The quantitative estimate of drug-likeness (QED) is 0.729. The van der Waals surface area contributed by atoms with E-state index >= 15 is 0 Å². The number of carbonyl (C=O) groups excluding carboxylic acids is 1. The van der Waals surface area contributed by atoms with Gasteiger partial charge >= 0.3 is 6.18 Å². The molecule has 0 bridgehead atoms. The Kier molecular flexibility index (Phi) is 3.65. The fourth-order valence-electron chi connectivity index (χ4n) is 0.818.